The van der Waals surface area contributed by atoms with Gasteiger partial charge in [0.1, 0.15) is 0 Å². The van der Waals surface area contributed by atoms with Crippen LogP contribution in [-0.2, 0) is 14.8 Å². The van der Waals surface area contributed by atoms with Crippen molar-refractivity contribution in [2.24, 2.45) is 0 Å². The Hall–Kier alpha value is -0.620. The molecule has 0 aromatic rings. The largest absolute Gasteiger partial charge is 0.353 e. The third-order valence-corrected chi connectivity index (χ3v) is 6.94. The van der Waals surface area contributed by atoms with Gasteiger partial charge in [-0.25, -0.2) is 12.7 Å². The second-order valence-corrected chi connectivity index (χ2v) is 9.08. The van der Waals surface area contributed by atoms with E-state index in [-0.39, 0.29) is 11.7 Å². The topological polar surface area (TPSA) is 66.5 Å². The van der Waals surface area contributed by atoms with E-state index < -0.39 is 10.0 Å². The van der Waals surface area contributed by atoms with Crippen LogP contribution in [0.1, 0.15) is 77.0 Å². The van der Waals surface area contributed by atoms with Gasteiger partial charge in [0, 0.05) is 25.6 Å². The molecular formula is C17H32N2O3S. The first-order chi connectivity index (χ1) is 11.1. The molecule has 1 aliphatic carbocycles. The first-order valence-electron chi connectivity index (χ1n) is 9.35. The molecule has 6 heteroatoms. The van der Waals surface area contributed by atoms with Crippen LogP contribution in [0.2, 0.25) is 0 Å². The Morgan fingerprint density at radius 2 is 1.52 bits per heavy atom. The number of hydrogen-bond acceptors (Lipinski definition) is 3. The van der Waals surface area contributed by atoms with Crippen LogP contribution in [0.15, 0.2) is 0 Å². The first-order valence-corrected chi connectivity index (χ1v) is 11.0. The highest BCUT2D eigenvalue weighted by Gasteiger charge is 2.23. The van der Waals surface area contributed by atoms with Gasteiger partial charge in [-0.3, -0.25) is 4.79 Å². The van der Waals surface area contributed by atoms with E-state index in [2.05, 4.69) is 5.32 Å². The molecule has 2 fully saturated rings. The number of amides is 1. The number of hydrogen-bond donors (Lipinski definition) is 1. The van der Waals surface area contributed by atoms with Crippen molar-refractivity contribution in [1.82, 2.24) is 9.62 Å². The van der Waals surface area contributed by atoms with Gasteiger partial charge >= 0.3 is 0 Å². The summed E-state index contributed by atoms with van der Waals surface area (Å²) in [6, 6.07) is 0.335. The van der Waals surface area contributed by atoms with Crippen LogP contribution in [0.3, 0.4) is 0 Å². The molecule has 0 unspecified atom stereocenters. The minimum Gasteiger partial charge on any atom is -0.353 e. The maximum Gasteiger partial charge on any atom is 0.220 e. The second kappa shape index (κ2) is 9.62. The standard InChI is InChI=1S/C17H32N2O3S/c20-17(18-16-10-4-1-2-5-11-16)12-6-9-15-23(21,22)19-13-7-3-8-14-19/h16H,1-15H2,(H,18,20). The van der Waals surface area contributed by atoms with Crippen LogP contribution in [0.5, 0.6) is 0 Å². The van der Waals surface area contributed by atoms with E-state index in [1.54, 1.807) is 4.31 Å². The SMILES string of the molecule is O=C(CCCCS(=O)(=O)N1CCCCC1)NC1CCCCCC1. The molecule has 23 heavy (non-hydrogen) atoms. The molecule has 0 spiro atoms. The van der Waals surface area contributed by atoms with Gasteiger partial charge in [0.2, 0.25) is 15.9 Å². The van der Waals surface area contributed by atoms with E-state index in [1.807, 2.05) is 0 Å². The molecule has 0 aromatic carbocycles. The summed E-state index contributed by atoms with van der Waals surface area (Å²) in [5.41, 5.74) is 0. The molecular weight excluding hydrogens is 312 g/mol. The van der Waals surface area contributed by atoms with Gasteiger partial charge in [-0.1, -0.05) is 32.1 Å². The maximum atomic E-state index is 12.2. The Morgan fingerprint density at radius 3 is 2.17 bits per heavy atom. The minimum atomic E-state index is -3.11. The van der Waals surface area contributed by atoms with Crippen molar-refractivity contribution in [1.29, 1.82) is 0 Å². The van der Waals surface area contributed by atoms with Gasteiger partial charge in [0.25, 0.3) is 0 Å². The lowest BCUT2D eigenvalue weighted by Crippen LogP contribution is -2.37. The highest BCUT2D eigenvalue weighted by Crippen LogP contribution is 2.18. The Morgan fingerprint density at radius 1 is 0.913 bits per heavy atom. The number of nitrogens with one attached hydrogen (secondary N) is 1. The third-order valence-electron chi connectivity index (χ3n) is 4.98. The van der Waals surface area contributed by atoms with Crippen LogP contribution >= 0.6 is 0 Å². The molecule has 1 saturated heterocycles. The summed E-state index contributed by atoms with van der Waals surface area (Å²) in [4.78, 5) is 12.0. The van der Waals surface area contributed by atoms with E-state index in [1.165, 1.54) is 25.7 Å². The van der Waals surface area contributed by atoms with E-state index in [0.717, 1.165) is 32.1 Å². The van der Waals surface area contributed by atoms with Crippen molar-refractivity contribution in [3.63, 3.8) is 0 Å². The normalized spacial score (nSPS) is 21.7. The smallest absolute Gasteiger partial charge is 0.220 e. The highest BCUT2D eigenvalue weighted by atomic mass is 32.2. The lowest BCUT2D eigenvalue weighted by atomic mass is 10.1. The summed E-state index contributed by atoms with van der Waals surface area (Å²) in [6.45, 7) is 1.34. The van der Waals surface area contributed by atoms with Crippen molar-refractivity contribution in [3.05, 3.63) is 0 Å². The Labute approximate surface area is 141 Å². The summed E-state index contributed by atoms with van der Waals surface area (Å²) < 4.78 is 26.0. The molecule has 0 atom stereocenters. The van der Waals surface area contributed by atoms with Crippen molar-refractivity contribution in [2.75, 3.05) is 18.8 Å². The minimum absolute atomic E-state index is 0.0901. The molecule has 2 rings (SSSR count). The van der Waals surface area contributed by atoms with Crippen LogP contribution < -0.4 is 5.32 Å². The van der Waals surface area contributed by atoms with Crippen LogP contribution in [0.25, 0.3) is 0 Å². The van der Waals surface area contributed by atoms with Gasteiger partial charge in [-0.05, 0) is 38.5 Å². The zero-order chi connectivity index (χ0) is 16.5. The van der Waals surface area contributed by atoms with Crippen molar-refractivity contribution >= 4 is 15.9 Å². The van der Waals surface area contributed by atoms with E-state index in [9.17, 15) is 13.2 Å². The lowest BCUT2D eigenvalue weighted by molar-refractivity contribution is -0.122. The van der Waals surface area contributed by atoms with Gasteiger partial charge < -0.3 is 5.32 Å². The molecule has 5 nitrogen and oxygen atoms in total. The molecule has 2 aliphatic rings. The van der Waals surface area contributed by atoms with Crippen molar-refractivity contribution in [3.8, 4) is 0 Å². The first kappa shape index (κ1) is 18.7. The maximum absolute atomic E-state index is 12.2. The number of unbranched alkanes of at least 4 members (excludes halogenated alkanes) is 1. The molecule has 0 bridgehead atoms. The summed E-state index contributed by atoms with van der Waals surface area (Å²) in [7, 11) is -3.11. The quantitative estimate of drug-likeness (QED) is 0.570. The Balaban J connectivity index is 1.61. The predicted molar refractivity (Wildman–Crippen MR) is 92.7 cm³/mol. The lowest BCUT2D eigenvalue weighted by Gasteiger charge is -2.25. The Bertz CT molecular complexity index is 450. The number of rotatable bonds is 7. The van der Waals surface area contributed by atoms with Gasteiger partial charge in [0.15, 0.2) is 0 Å². The molecule has 0 aromatic heterocycles. The summed E-state index contributed by atoms with van der Waals surface area (Å²) in [5.74, 6) is 0.274. The van der Waals surface area contributed by atoms with Crippen molar-refractivity contribution in [2.45, 2.75) is 83.1 Å². The second-order valence-electron chi connectivity index (χ2n) is 6.99. The van der Waals surface area contributed by atoms with Crippen LogP contribution in [0.4, 0.5) is 0 Å². The van der Waals surface area contributed by atoms with Gasteiger partial charge in [0.05, 0.1) is 5.75 Å². The molecule has 1 N–H and O–H groups in total. The monoisotopic (exact) mass is 344 g/mol. The number of piperidine rings is 1. The number of sulfonamides is 1. The molecule has 1 amide bonds. The van der Waals surface area contributed by atoms with Crippen LogP contribution in [0, 0.1) is 0 Å². The van der Waals surface area contributed by atoms with Crippen molar-refractivity contribution < 1.29 is 13.2 Å². The zero-order valence-electron chi connectivity index (χ0n) is 14.3. The predicted octanol–water partition coefficient (Wildman–Crippen LogP) is 2.81. The number of carbonyl (C=O) groups is 1. The molecule has 134 valence electrons. The fourth-order valence-electron chi connectivity index (χ4n) is 3.57. The summed E-state index contributed by atoms with van der Waals surface area (Å²) >= 11 is 0. The fraction of sp³-hybridized carbons (Fsp3) is 0.941. The third kappa shape index (κ3) is 6.79. The average molecular weight is 345 g/mol. The van der Waals surface area contributed by atoms with E-state index >= 15 is 0 Å². The fourth-order valence-corrected chi connectivity index (χ4v) is 5.21. The molecule has 1 heterocycles. The van der Waals surface area contributed by atoms with Gasteiger partial charge in [-0.15, -0.1) is 0 Å². The molecule has 0 radical (unpaired) electrons. The molecule has 1 saturated carbocycles. The molecule has 1 aliphatic heterocycles. The van der Waals surface area contributed by atoms with E-state index in [0.29, 0.717) is 38.4 Å². The zero-order valence-corrected chi connectivity index (χ0v) is 15.1. The number of carbonyl (C=O) groups excluding carboxylic acids is 1. The van der Waals surface area contributed by atoms with E-state index in [4.69, 9.17) is 0 Å². The summed E-state index contributed by atoms with van der Waals surface area (Å²) in [6.07, 6.45) is 11.9. The average Bonchev–Trinajstić information content (AvgIpc) is 2.81. The van der Waals surface area contributed by atoms with Gasteiger partial charge in [-0.2, -0.15) is 0 Å². The number of nitrogens with zero attached hydrogens (tertiary/aromatic N) is 1. The Kier molecular flexibility index (Phi) is 7.83. The van der Waals surface area contributed by atoms with Crippen LogP contribution in [-0.4, -0.2) is 43.5 Å². The summed E-state index contributed by atoms with van der Waals surface area (Å²) in [5, 5.41) is 3.12. The highest BCUT2D eigenvalue weighted by molar-refractivity contribution is 7.89.